The number of fused-ring (bicyclic) bond motifs is 7. The van der Waals surface area contributed by atoms with E-state index < -0.39 is 0 Å². The van der Waals surface area contributed by atoms with E-state index in [1.807, 2.05) is 0 Å². The van der Waals surface area contributed by atoms with Gasteiger partial charge in [-0.25, -0.2) is 0 Å². The number of hydrogen-bond donors (Lipinski definition) is 0. The van der Waals surface area contributed by atoms with Gasteiger partial charge >= 0.3 is 0 Å². The molecule has 10 rings (SSSR count). The van der Waals surface area contributed by atoms with Gasteiger partial charge in [-0.3, -0.25) is 0 Å². The second-order valence-corrected chi connectivity index (χ2v) is 16.7. The fourth-order valence-electron chi connectivity index (χ4n) is 10.3. The lowest BCUT2D eigenvalue weighted by Gasteiger charge is -2.33. The van der Waals surface area contributed by atoms with E-state index in [0.29, 0.717) is 5.92 Å². The Kier molecular flexibility index (Phi) is 7.89. The molecule has 0 heterocycles. The highest BCUT2D eigenvalue weighted by atomic mass is 15.1. The quantitative estimate of drug-likeness (QED) is 0.162. The van der Waals surface area contributed by atoms with Gasteiger partial charge < -0.3 is 9.80 Å². The van der Waals surface area contributed by atoms with Crippen molar-refractivity contribution in [1.82, 2.24) is 0 Å². The third-order valence-electron chi connectivity index (χ3n) is 13.0. The summed E-state index contributed by atoms with van der Waals surface area (Å²) in [6.07, 6.45) is 4.50. The van der Waals surface area contributed by atoms with E-state index in [1.54, 1.807) is 0 Å². The van der Waals surface area contributed by atoms with Crippen LogP contribution in [0.5, 0.6) is 0 Å². The molecule has 0 bridgehead atoms. The Balaban J connectivity index is 1.13. The molecule has 55 heavy (non-hydrogen) atoms. The molecule has 1 spiro atoms. The summed E-state index contributed by atoms with van der Waals surface area (Å²) in [7, 11) is 0. The van der Waals surface area contributed by atoms with Crippen molar-refractivity contribution in [2.75, 3.05) is 9.80 Å². The molecule has 0 saturated heterocycles. The molecular weight excluding hydrogens is 665 g/mol. The fourth-order valence-corrected chi connectivity index (χ4v) is 10.3. The van der Waals surface area contributed by atoms with Crippen LogP contribution in [0, 0.1) is 0 Å². The van der Waals surface area contributed by atoms with Crippen LogP contribution in [0.3, 0.4) is 0 Å². The van der Waals surface area contributed by atoms with Gasteiger partial charge in [-0.2, -0.15) is 0 Å². The number of hydrogen-bond acceptors (Lipinski definition) is 2. The molecule has 7 aromatic carbocycles. The Morgan fingerprint density at radius 2 is 0.927 bits per heavy atom. The minimum Gasteiger partial charge on any atom is -0.310 e. The maximum atomic E-state index is 2.57. The van der Waals surface area contributed by atoms with Gasteiger partial charge in [0.25, 0.3) is 0 Å². The predicted octanol–water partition coefficient (Wildman–Crippen LogP) is 14.2. The maximum absolute atomic E-state index is 2.57. The van der Waals surface area contributed by atoms with Crippen LogP contribution in [0.1, 0.15) is 85.4 Å². The summed E-state index contributed by atoms with van der Waals surface area (Å²) in [5.41, 5.74) is 20.1. The predicted molar refractivity (Wildman–Crippen MR) is 231 cm³/mol. The molecule has 2 heteroatoms. The van der Waals surface area contributed by atoms with Crippen molar-refractivity contribution in [2.24, 2.45) is 0 Å². The van der Waals surface area contributed by atoms with Gasteiger partial charge in [0.2, 0.25) is 0 Å². The number of anilines is 6. The fraction of sp³-hybridized carbons (Fsp3) is 0.208. The molecule has 0 radical (unpaired) electrons. The Morgan fingerprint density at radius 1 is 0.436 bits per heavy atom. The number of rotatable bonds is 7. The molecule has 0 amide bonds. The third kappa shape index (κ3) is 5.29. The highest BCUT2D eigenvalue weighted by Crippen LogP contribution is 2.56. The lowest BCUT2D eigenvalue weighted by Crippen LogP contribution is -2.22. The number of benzene rings is 7. The van der Waals surface area contributed by atoms with Crippen LogP contribution in [0.4, 0.5) is 34.1 Å². The Bertz CT molecular complexity index is 2510. The SMILES string of the molecule is CC(C)c1cc2c(cc1N(c1ccccc1)c1ccc3c(c1)[C@]1(CCc4ccc(N(c5ccccc5)c5ccccc5)cc41)CC3)C(C)(C)c1ccccc1-2. The van der Waals surface area contributed by atoms with E-state index >= 15 is 0 Å². The molecule has 3 aliphatic carbocycles. The first-order valence-electron chi connectivity index (χ1n) is 20.1. The zero-order valence-corrected chi connectivity index (χ0v) is 32.4. The van der Waals surface area contributed by atoms with E-state index in [-0.39, 0.29) is 10.8 Å². The number of nitrogens with zero attached hydrogens (tertiary/aromatic N) is 2. The molecule has 2 nitrogen and oxygen atoms in total. The molecule has 0 saturated carbocycles. The van der Waals surface area contributed by atoms with Crippen molar-refractivity contribution in [3.63, 3.8) is 0 Å². The monoisotopic (exact) mass is 712 g/mol. The normalized spacial score (nSPS) is 17.2. The van der Waals surface area contributed by atoms with Crippen molar-refractivity contribution in [1.29, 1.82) is 0 Å². The van der Waals surface area contributed by atoms with Crippen LogP contribution in [0.15, 0.2) is 164 Å². The summed E-state index contributed by atoms with van der Waals surface area (Å²) in [5.74, 6) is 0.348. The lowest BCUT2D eigenvalue weighted by molar-refractivity contribution is 0.507. The van der Waals surface area contributed by atoms with E-state index in [1.165, 1.54) is 84.2 Å². The van der Waals surface area contributed by atoms with Gasteiger partial charge in [-0.05, 0) is 154 Å². The van der Waals surface area contributed by atoms with Gasteiger partial charge in [0.1, 0.15) is 0 Å². The molecule has 0 aromatic heterocycles. The second-order valence-electron chi connectivity index (χ2n) is 16.7. The maximum Gasteiger partial charge on any atom is 0.0499 e. The molecule has 3 aliphatic rings. The Labute approximate surface area is 326 Å². The average Bonchev–Trinajstić information content (AvgIpc) is 3.85. The molecule has 0 aliphatic heterocycles. The van der Waals surface area contributed by atoms with Crippen LogP contribution in [0.25, 0.3) is 11.1 Å². The molecule has 7 aromatic rings. The van der Waals surface area contributed by atoms with Crippen molar-refractivity contribution < 1.29 is 0 Å². The summed E-state index contributed by atoms with van der Waals surface area (Å²) < 4.78 is 0. The zero-order valence-electron chi connectivity index (χ0n) is 32.4. The van der Waals surface area contributed by atoms with Crippen LogP contribution in [-0.2, 0) is 23.7 Å². The molecule has 0 N–H and O–H groups in total. The minimum absolute atomic E-state index is 0.0134. The first-order valence-corrected chi connectivity index (χ1v) is 20.1. The van der Waals surface area contributed by atoms with E-state index in [9.17, 15) is 0 Å². The second kappa shape index (κ2) is 12.9. The standard InChI is InChI=1S/C53H48N2/c1-36(2)45-34-46-44-22-14-15-23-47(44)52(3,4)50(46)35-51(45)55(41-20-12-7-13-21-41)43-27-25-38-29-31-53(49(38)33-43)30-28-37-24-26-42(32-48(37)53)54(39-16-8-5-9-17-39)40-18-10-6-11-19-40/h5-27,32-36H,28-31H2,1-4H3/t53-/m1/s1. The van der Waals surface area contributed by atoms with Crippen LogP contribution in [0.2, 0.25) is 0 Å². The smallest absolute Gasteiger partial charge is 0.0499 e. The summed E-state index contributed by atoms with van der Waals surface area (Å²) in [5, 5.41) is 0. The first-order chi connectivity index (χ1) is 26.8. The van der Waals surface area contributed by atoms with Crippen molar-refractivity contribution >= 4 is 34.1 Å². The highest BCUT2D eigenvalue weighted by molar-refractivity contribution is 5.88. The van der Waals surface area contributed by atoms with Crippen LogP contribution < -0.4 is 9.80 Å². The molecule has 0 unspecified atom stereocenters. The van der Waals surface area contributed by atoms with Gasteiger partial charge in [-0.1, -0.05) is 119 Å². The van der Waals surface area contributed by atoms with E-state index in [4.69, 9.17) is 0 Å². The van der Waals surface area contributed by atoms with Gasteiger partial charge in [0, 0.05) is 45.0 Å². The largest absolute Gasteiger partial charge is 0.310 e. The van der Waals surface area contributed by atoms with E-state index in [0.717, 1.165) is 25.7 Å². The number of para-hydroxylation sites is 3. The summed E-state index contributed by atoms with van der Waals surface area (Å²) >= 11 is 0. The number of aryl methyl sites for hydroxylation is 2. The van der Waals surface area contributed by atoms with Crippen LogP contribution >= 0.6 is 0 Å². The molecular formula is C53H48N2. The van der Waals surface area contributed by atoms with Gasteiger partial charge in [-0.15, -0.1) is 0 Å². The highest BCUT2D eigenvalue weighted by Gasteiger charge is 2.45. The first kappa shape index (κ1) is 33.7. The van der Waals surface area contributed by atoms with Crippen LogP contribution in [-0.4, -0.2) is 0 Å². The summed E-state index contributed by atoms with van der Waals surface area (Å²) in [6, 6.07) is 61.4. The van der Waals surface area contributed by atoms with Crippen molar-refractivity contribution in [3.8, 4) is 11.1 Å². The minimum atomic E-state index is -0.0841. The summed E-state index contributed by atoms with van der Waals surface area (Å²) in [6.45, 7) is 9.48. The van der Waals surface area contributed by atoms with Crippen molar-refractivity contribution in [3.05, 3.63) is 203 Å². The Hall–Kier alpha value is -5.86. The summed E-state index contributed by atoms with van der Waals surface area (Å²) in [4.78, 5) is 4.97. The topological polar surface area (TPSA) is 6.48 Å². The van der Waals surface area contributed by atoms with Gasteiger partial charge in [0.15, 0.2) is 0 Å². The molecule has 270 valence electrons. The average molecular weight is 713 g/mol. The third-order valence-corrected chi connectivity index (χ3v) is 13.0. The zero-order chi connectivity index (χ0) is 37.3. The Morgan fingerprint density at radius 3 is 1.47 bits per heavy atom. The molecule has 0 fully saturated rings. The molecule has 1 atom stereocenters. The van der Waals surface area contributed by atoms with E-state index in [2.05, 4.69) is 201 Å². The van der Waals surface area contributed by atoms with Gasteiger partial charge in [0.05, 0.1) is 0 Å². The van der Waals surface area contributed by atoms with Crippen molar-refractivity contribution in [2.45, 2.75) is 70.1 Å². The lowest BCUT2D eigenvalue weighted by atomic mass is 9.76.